The van der Waals surface area contributed by atoms with Crippen LogP contribution in [-0.4, -0.2) is 86.3 Å². The van der Waals surface area contributed by atoms with Crippen LogP contribution in [0.5, 0.6) is 0 Å². The number of amides is 4. The van der Waals surface area contributed by atoms with Crippen LogP contribution in [0.25, 0.3) is 0 Å². The summed E-state index contributed by atoms with van der Waals surface area (Å²) in [7, 11) is 0. The minimum Gasteiger partial charge on any atom is -0.367 e. The van der Waals surface area contributed by atoms with Crippen molar-refractivity contribution in [1.29, 1.82) is 0 Å². The first-order valence-electron chi connectivity index (χ1n) is 11.5. The van der Waals surface area contributed by atoms with Crippen molar-refractivity contribution in [2.45, 2.75) is 46.7 Å². The fourth-order valence-corrected chi connectivity index (χ4v) is 4.69. The average Bonchev–Trinajstić information content (AvgIpc) is 2.73. The molecular formula is C23H38N6O2. The van der Waals surface area contributed by atoms with Crippen LogP contribution in [-0.2, 0) is 0 Å². The minimum absolute atomic E-state index is 0.0291. The monoisotopic (exact) mass is 430 g/mol. The summed E-state index contributed by atoms with van der Waals surface area (Å²) < 4.78 is 0. The Morgan fingerprint density at radius 3 is 2.26 bits per heavy atom. The highest BCUT2D eigenvalue weighted by atomic mass is 16.2. The fraction of sp³-hybridized carbons (Fsp3) is 0.652. The number of carbonyl (C=O) groups excluding carboxylic acids is 2. The van der Waals surface area contributed by atoms with Crippen molar-refractivity contribution < 1.29 is 9.59 Å². The lowest BCUT2D eigenvalue weighted by Gasteiger charge is -2.42. The van der Waals surface area contributed by atoms with Crippen LogP contribution >= 0.6 is 0 Å². The van der Waals surface area contributed by atoms with E-state index in [0.29, 0.717) is 13.1 Å². The van der Waals surface area contributed by atoms with E-state index in [1.165, 1.54) is 16.9 Å². The summed E-state index contributed by atoms with van der Waals surface area (Å²) in [5.41, 5.74) is 3.69. The van der Waals surface area contributed by atoms with Gasteiger partial charge in [-0.2, -0.15) is 0 Å². The molecule has 2 aliphatic rings. The number of nitrogens with one attached hydrogen (secondary N) is 2. The van der Waals surface area contributed by atoms with Gasteiger partial charge >= 0.3 is 12.1 Å². The van der Waals surface area contributed by atoms with Gasteiger partial charge in [0.15, 0.2) is 0 Å². The van der Waals surface area contributed by atoms with Gasteiger partial charge in [-0.15, -0.1) is 0 Å². The van der Waals surface area contributed by atoms with E-state index >= 15 is 0 Å². The van der Waals surface area contributed by atoms with Crippen LogP contribution in [0, 0.1) is 6.92 Å². The molecule has 172 valence electrons. The van der Waals surface area contributed by atoms with Crippen molar-refractivity contribution in [2.75, 3.05) is 62.2 Å². The van der Waals surface area contributed by atoms with Crippen LogP contribution in [0.1, 0.15) is 33.3 Å². The number of urea groups is 2. The van der Waals surface area contributed by atoms with Crippen LogP contribution in [0.2, 0.25) is 0 Å². The van der Waals surface area contributed by atoms with Crippen molar-refractivity contribution in [3.63, 3.8) is 0 Å². The topological polar surface area (TPSA) is 71.2 Å². The number of nitrogens with zero attached hydrogens (tertiary/aromatic N) is 4. The van der Waals surface area contributed by atoms with E-state index in [4.69, 9.17) is 0 Å². The molecule has 0 spiro atoms. The molecule has 0 aliphatic carbocycles. The number of hydrogen-bond acceptors (Lipinski definition) is 4. The zero-order valence-electron chi connectivity index (χ0n) is 19.6. The van der Waals surface area contributed by atoms with Crippen LogP contribution in [0.4, 0.5) is 21.0 Å². The fourth-order valence-electron chi connectivity index (χ4n) is 4.69. The summed E-state index contributed by atoms with van der Waals surface area (Å²) in [6.45, 7) is 16.4. The number of benzene rings is 1. The second-order valence-corrected chi connectivity index (χ2v) is 8.62. The highest BCUT2D eigenvalue weighted by Gasteiger charge is 2.29. The first kappa shape index (κ1) is 23.0. The van der Waals surface area contributed by atoms with E-state index in [-0.39, 0.29) is 24.1 Å². The van der Waals surface area contributed by atoms with Gasteiger partial charge < -0.3 is 30.2 Å². The lowest BCUT2D eigenvalue weighted by atomic mass is 10.1. The van der Waals surface area contributed by atoms with Gasteiger partial charge in [0.1, 0.15) is 0 Å². The van der Waals surface area contributed by atoms with Crippen molar-refractivity contribution >= 4 is 23.4 Å². The summed E-state index contributed by atoms with van der Waals surface area (Å²) in [5.74, 6) is 0. The Kier molecular flexibility index (Phi) is 7.51. The van der Waals surface area contributed by atoms with E-state index in [1.807, 2.05) is 23.6 Å². The summed E-state index contributed by atoms with van der Waals surface area (Å²) in [5, 5.41) is 5.81. The number of carbonyl (C=O) groups is 2. The standard InChI is InChI=1S/C23H38N6O2/c1-6-24-22(30)27-11-12-28(18(4)16-27)20-8-9-21(17(3)14-20)26-10-13-29(19(5)15-26)23(31)25-7-2/h8-9,14,18-19H,6-7,10-13,15-16H2,1-5H3,(H,24,30)(H,25,31)/t18-,19+/m0/s1. The third-order valence-electron chi connectivity index (χ3n) is 6.31. The summed E-state index contributed by atoms with van der Waals surface area (Å²) in [4.78, 5) is 33.0. The molecule has 0 bridgehead atoms. The van der Waals surface area contributed by atoms with Gasteiger partial charge in [0, 0.05) is 75.8 Å². The predicted molar refractivity (Wildman–Crippen MR) is 126 cm³/mol. The Bertz CT molecular complexity index is 785. The summed E-state index contributed by atoms with van der Waals surface area (Å²) in [6.07, 6.45) is 0. The molecule has 0 unspecified atom stereocenters. The Balaban J connectivity index is 1.64. The van der Waals surface area contributed by atoms with Gasteiger partial charge in [0.2, 0.25) is 0 Å². The zero-order chi connectivity index (χ0) is 22.5. The first-order chi connectivity index (χ1) is 14.8. The van der Waals surface area contributed by atoms with Gasteiger partial charge in [-0.05, 0) is 58.4 Å². The first-order valence-corrected chi connectivity index (χ1v) is 11.5. The molecule has 31 heavy (non-hydrogen) atoms. The maximum atomic E-state index is 12.2. The number of aryl methyl sites for hydroxylation is 1. The minimum atomic E-state index is 0.0291. The maximum Gasteiger partial charge on any atom is 0.317 e. The molecule has 8 nitrogen and oxygen atoms in total. The van der Waals surface area contributed by atoms with Crippen LogP contribution in [0.3, 0.4) is 0 Å². The number of hydrogen-bond donors (Lipinski definition) is 2. The Morgan fingerprint density at radius 1 is 0.935 bits per heavy atom. The van der Waals surface area contributed by atoms with Crippen molar-refractivity contribution in [3.8, 4) is 0 Å². The molecule has 2 saturated heterocycles. The molecule has 3 rings (SSSR count). The molecule has 0 aromatic heterocycles. The highest BCUT2D eigenvalue weighted by molar-refractivity contribution is 5.75. The van der Waals surface area contributed by atoms with Crippen molar-refractivity contribution in [1.82, 2.24) is 20.4 Å². The molecule has 1 aromatic rings. The molecule has 2 fully saturated rings. The SMILES string of the molecule is CCNC(=O)N1CCN(c2ccc(N3CCN(C(=O)NCC)[C@H](C)C3)c(C)c2)[C@@H](C)C1. The van der Waals surface area contributed by atoms with Crippen LogP contribution in [0.15, 0.2) is 18.2 Å². The Morgan fingerprint density at radius 2 is 1.65 bits per heavy atom. The quantitative estimate of drug-likeness (QED) is 0.770. The third kappa shape index (κ3) is 5.17. The second kappa shape index (κ2) is 10.1. The molecule has 2 atom stereocenters. The number of anilines is 2. The molecule has 2 heterocycles. The summed E-state index contributed by atoms with van der Waals surface area (Å²) >= 11 is 0. The smallest absolute Gasteiger partial charge is 0.317 e. The summed E-state index contributed by atoms with van der Waals surface area (Å²) in [6, 6.07) is 7.16. The van der Waals surface area contributed by atoms with E-state index in [1.54, 1.807) is 0 Å². The normalized spacial score (nSPS) is 21.8. The van der Waals surface area contributed by atoms with E-state index in [9.17, 15) is 9.59 Å². The van der Waals surface area contributed by atoms with Gasteiger partial charge in [0.05, 0.1) is 0 Å². The van der Waals surface area contributed by atoms with E-state index < -0.39 is 0 Å². The number of rotatable bonds is 4. The van der Waals surface area contributed by atoms with Crippen LogP contribution < -0.4 is 20.4 Å². The molecule has 2 N–H and O–H groups in total. The molecule has 4 amide bonds. The average molecular weight is 431 g/mol. The zero-order valence-corrected chi connectivity index (χ0v) is 19.6. The number of piperazine rings is 2. The predicted octanol–water partition coefficient (Wildman–Crippen LogP) is 2.48. The highest BCUT2D eigenvalue weighted by Crippen LogP contribution is 2.29. The largest absolute Gasteiger partial charge is 0.367 e. The van der Waals surface area contributed by atoms with Crippen molar-refractivity contribution in [3.05, 3.63) is 23.8 Å². The molecular weight excluding hydrogens is 392 g/mol. The lowest BCUT2D eigenvalue weighted by Crippen LogP contribution is -2.56. The van der Waals surface area contributed by atoms with Gasteiger partial charge in [-0.1, -0.05) is 0 Å². The van der Waals surface area contributed by atoms with Gasteiger partial charge in [-0.25, -0.2) is 9.59 Å². The van der Waals surface area contributed by atoms with E-state index in [2.05, 4.69) is 59.4 Å². The molecule has 0 saturated carbocycles. The lowest BCUT2D eigenvalue weighted by molar-refractivity contribution is 0.172. The molecule has 2 aliphatic heterocycles. The van der Waals surface area contributed by atoms with Crippen molar-refractivity contribution in [2.24, 2.45) is 0 Å². The molecule has 0 radical (unpaired) electrons. The van der Waals surface area contributed by atoms with Gasteiger partial charge in [-0.3, -0.25) is 0 Å². The second-order valence-electron chi connectivity index (χ2n) is 8.62. The van der Waals surface area contributed by atoms with Gasteiger partial charge in [0.25, 0.3) is 0 Å². The Labute approximate surface area is 186 Å². The maximum absolute atomic E-state index is 12.2. The molecule has 1 aromatic carbocycles. The third-order valence-corrected chi connectivity index (χ3v) is 6.31. The van der Waals surface area contributed by atoms with E-state index in [0.717, 1.165) is 39.3 Å². The molecule has 8 heteroatoms. The Hall–Kier alpha value is -2.64.